The maximum absolute atomic E-state index is 11.6. The van der Waals surface area contributed by atoms with Crippen molar-refractivity contribution in [3.8, 4) is 17.0 Å². The molecule has 8 heteroatoms. The van der Waals surface area contributed by atoms with E-state index in [1.54, 1.807) is 20.2 Å². The lowest BCUT2D eigenvalue weighted by Crippen LogP contribution is -2.32. The Morgan fingerprint density at radius 2 is 2.16 bits per heavy atom. The SMILES string of the molecule is COCCOc1cc(-c2cn(C)c3cnc(CC(C)=O)cc23)nc([C@]2(CO)CCOC2)c1. The summed E-state index contributed by atoms with van der Waals surface area (Å²) < 4.78 is 18.7. The third-order valence-corrected chi connectivity index (χ3v) is 5.94. The van der Waals surface area contributed by atoms with E-state index in [-0.39, 0.29) is 18.8 Å². The van der Waals surface area contributed by atoms with Gasteiger partial charge in [0, 0.05) is 62.2 Å². The predicted octanol–water partition coefficient (Wildman–Crippen LogP) is 2.44. The van der Waals surface area contributed by atoms with Gasteiger partial charge in [-0.1, -0.05) is 0 Å². The first kappa shape index (κ1) is 22.4. The quantitative estimate of drug-likeness (QED) is 0.512. The molecule has 0 radical (unpaired) electrons. The Bertz CT molecular complexity index is 1120. The monoisotopic (exact) mass is 439 g/mol. The standard InChI is InChI=1S/C24H29N3O5/c1-16(29)8-17-9-19-20(13-27(2)22(19)12-25-17)21-10-18(32-7-6-30-3)11-23(26-21)24(14-28)4-5-31-15-24/h9-13,28H,4-8,14-15H2,1-3H3/t24-/m0/s1. The van der Waals surface area contributed by atoms with Crippen LogP contribution in [0.1, 0.15) is 24.7 Å². The summed E-state index contributed by atoms with van der Waals surface area (Å²) in [6.07, 6.45) is 4.77. The largest absolute Gasteiger partial charge is 0.491 e. The number of aryl methyl sites for hydroxylation is 1. The number of ketones is 1. The Morgan fingerprint density at radius 3 is 2.84 bits per heavy atom. The van der Waals surface area contributed by atoms with Gasteiger partial charge in [-0.05, 0) is 19.4 Å². The molecule has 0 aliphatic carbocycles. The number of ether oxygens (including phenoxy) is 3. The Morgan fingerprint density at radius 1 is 1.31 bits per heavy atom. The Hall–Kier alpha value is -2.81. The number of aliphatic hydroxyl groups is 1. The molecule has 1 aliphatic heterocycles. The van der Waals surface area contributed by atoms with Crippen LogP contribution in [0.25, 0.3) is 22.2 Å². The number of hydrogen-bond acceptors (Lipinski definition) is 7. The van der Waals surface area contributed by atoms with Gasteiger partial charge < -0.3 is 23.9 Å². The number of pyridine rings is 2. The first-order valence-corrected chi connectivity index (χ1v) is 10.7. The molecule has 0 unspecified atom stereocenters. The van der Waals surface area contributed by atoms with Crippen LogP contribution in [0.3, 0.4) is 0 Å². The van der Waals surface area contributed by atoms with Crippen molar-refractivity contribution in [2.75, 3.05) is 40.1 Å². The summed E-state index contributed by atoms with van der Waals surface area (Å²) in [6, 6.07) is 5.74. The molecule has 1 aliphatic rings. The number of methoxy groups -OCH3 is 1. The maximum Gasteiger partial charge on any atom is 0.135 e. The van der Waals surface area contributed by atoms with Gasteiger partial charge >= 0.3 is 0 Å². The fourth-order valence-corrected chi connectivity index (χ4v) is 4.13. The molecule has 0 bridgehead atoms. The van der Waals surface area contributed by atoms with Crippen LogP contribution in [0.4, 0.5) is 0 Å². The smallest absolute Gasteiger partial charge is 0.135 e. The lowest BCUT2D eigenvalue weighted by Gasteiger charge is -2.25. The number of aromatic nitrogens is 3. The second-order valence-electron chi connectivity index (χ2n) is 8.38. The number of fused-ring (bicyclic) bond motifs is 1. The van der Waals surface area contributed by atoms with E-state index in [4.69, 9.17) is 19.2 Å². The number of carbonyl (C=O) groups is 1. The summed E-state index contributed by atoms with van der Waals surface area (Å²) in [4.78, 5) is 21.0. The highest BCUT2D eigenvalue weighted by Gasteiger charge is 2.38. The molecule has 1 saturated heterocycles. The molecule has 3 aromatic rings. The molecular weight excluding hydrogens is 410 g/mol. The van der Waals surface area contributed by atoms with E-state index in [0.717, 1.165) is 33.5 Å². The van der Waals surface area contributed by atoms with Gasteiger partial charge in [0.25, 0.3) is 0 Å². The number of nitrogens with zero attached hydrogens (tertiary/aromatic N) is 3. The Labute approximate surface area is 187 Å². The van der Waals surface area contributed by atoms with Gasteiger partial charge in [0.2, 0.25) is 0 Å². The molecule has 1 N–H and O–H groups in total. The first-order chi connectivity index (χ1) is 15.5. The topological polar surface area (TPSA) is 95.7 Å². The minimum atomic E-state index is -0.554. The number of aliphatic hydroxyl groups excluding tert-OH is 1. The van der Waals surface area contributed by atoms with E-state index in [1.165, 1.54) is 0 Å². The molecule has 1 fully saturated rings. The van der Waals surface area contributed by atoms with E-state index in [2.05, 4.69) is 4.98 Å². The summed E-state index contributed by atoms with van der Waals surface area (Å²) in [7, 11) is 3.59. The van der Waals surface area contributed by atoms with Crippen LogP contribution in [0.5, 0.6) is 5.75 Å². The van der Waals surface area contributed by atoms with Crippen molar-refractivity contribution >= 4 is 16.7 Å². The first-order valence-electron chi connectivity index (χ1n) is 10.7. The van der Waals surface area contributed by atoms with E-state index in [0.29, 0.717) is 38.6 Å². The number of carbonyl (C=O) groups excluding carboxylic acids is 1. The highest BCUT2D eigenvalue weighted by atomic mass is 16.5. The average molecular weight is 440 g/mol. The van der Waals surface area contributed by atoms with E-state index < -0.39 is 5.41 Å². The van der Waals surface area contributed by atoms with Gasteiger partial charge in [-0.2, -0.15) is 0 Å². The summed E-state index contributed by atoms with van der Waals surface area (Å²) in [5.41, 5.74) is 3.52. The van der Waals surface area contributed by atoms with Crippen LogP contribution in [-0.4, -0.2) is 65.6 Å². The van der Waals surface area contributed by atoms with Gasteiger partial charge in [-0.3, -0.25) is 14.8 Å². The fraction of sp³-hybridized carbons (Fsp3) is 0.458. The highest BCUT2D eigenvalue weighted by Crippen LogP contribution is 2.37. The van der Waals surface area contributed by atoms with Crippen molar-refractivity contribution < 1.29 is 24.1 Å². The molecule has 1 atom stereocenters. The molecule has 170 valence electrons. The van der Waals surface area contributed by atoms with E-state index in [1.807, 2.05) is 36.0 Å². The molecule has 0 aromatic carbocycles. The zero-order valence-electron chi connectivity index (χ0n) is 18.8. The fourth-order valence-electron chi connectivity index (χ4n) is 4.13. The van der Waals surface area contributed by atoms with Gasteiger partial charge in [-0.25, -0.2) is 0 Å². The van der Waals surface area contributed by atoms with Gasteiger partial charge in [-0.15, -0.1) is 0 Å². The molecule has 0 saturated carbocycles. The minimum Gasteiger partial charge on any atom is -0.491 e. The molecule has 4 rings (SSSR count). The van der Waals surface area contributed by atoms with Gasteiger partial charge in [0.15, 0.2) is 0 Å². The highest BCUT2D eigenvalue weighted by molar-refractivity contribution is 5.95. The molecule has 32 heavy (non-hydrogen) atoms. The molecule has 3 aromatic heterocycles. The molecular formula is C24H29N3O5. The van der Waals surface area contributed by atoms with Crippen LogP contribution in [0.2, 0.25) is 0 Å². The van der Waals surface area contributed by atoms with Crippen LogP contribution in [-0.2, 0) is 33.2 Å². The lowest BCUT2D eigenvalue weighted by atomic mass is 9.84. The average Bonchev–Trinajstić information content (AvgIpc) is 3.39. The van der Waals surface area contributed by atoms with Crippen LogP contribution in [0, 0.1) is 0 Å². The second-order valence-corrected chi connectivity index (χ2v) is 8.38. The van der Waals surface area contributed by atoms with Crippen molar-refractivity contribution in [2.24, 2.45) is 7.05 Å². The molecule has 4 heterocycles. The van der Waals surface area contributed by atoms with Gasteiger partial charge in [0.05, 0.1) is 48.3 Å². The van der Waals surface area contributed by atoms with Crippen molar-refractivity contribution in [1.29, 1.82) is 0 Å². The summed E-state index contributed by atoms with van der Waals surface area (Å²) in [5.74, 6) is 0.728. The Kier molecular flexibility index (Phi) is 6.55. The summed E-state index contributed by atoms with van der Waals surface area (Å²) in [6.45, 7) is 3.38. The number of hydrogen-bond donors (Lipinski definition) is 1. The predicted molar refractivity (Wildman–Crippen MR) is 120 cm³/mol. The van der Waals surface area contributed by atoms with Crippen molar-refractivity contribution in [3.05, 3.63) is 42.0 Å². The lowest BCUT2D eigenvalue weighted by molar-refractivity contribution is -0.116. The number of rotatable bonds is 9. The molecule has 0 spiro atoms. The van der Waals surface area contributed by atoms with Crippen LogP contribution < -0.4 is 4.74 Å². The third kappa shape index (κ3) is 4.39. The zero-order chi connectivity index (χ0) is 22.7. The van der Waals surface area contributed by atoms with E-state index in [9.17, 15) is 9.90 Å². The van der Waals surface area contributed by atoms with E-state index >= 15 is 0 Å². The van der Waals surface area contributed by atoms with Crippen LogP contribution >= 0.6 is 0 Å². The third-order valence-electron chi connectivity index (χ3n) is 5.94. The minimum absolute atomic E-state index is 0.0524. The van der Waals surface area contributed by atoms with Crippen molar-refractivity contribution in [1.82, 2.24) is 14.5 Å². The van der Waals surface area contributed by atoms with Gasteiger partial charge in [0.1, 0.15) is 18.1 Å². The molecule has 8 nitrogen and oxygen atoms in total. The molecule has 0 amide bonds. The van der Waals surface area contributed by atoms with Crippen molar-refractivity contribution in [3.63, 3.8) is 0 Å². The van der Waals surface area contributed by atoms with Crippen LogP contribution in [0.15, 0.2) is 30.6 Å². The normalized spacial score (nSPS) is 18.4. The number of Topliss-reactive ketones (excluding diaryl/α,β-unsaturated/α-hetero) is 1. The summed E-state index contributed by atoms with van der Waals surface area (Å²) in [5, 5.41) is 11.2. The maximum atomic E-state index is 11.6. The second kappa shape index (κ2) is 9.36. The summed E-state index contributed by atoms with van der Waals surface area (Å²) >= 11 is 0. The Balaban J connectivity index is 1.84. The van der Waals surface area contributed by atoms with Crippen molar-refractivity contribution in [2.45, 2.75) is 25.2 Å². The zero-order valence-corrected chi connectivity index (χ0v) is 18.8.